The second-order valence-corrected chi connectivity index (χ2v) is 5.93. The molecule has 0 heterocycles. The van der Waals surface area contributed by atoms with Crippen molar-refractivity contribution in [3.63, 3.8) is 0 Å². The van der Waals surface area contributed by atoms with Gasteiger partial charge in [-0.25, -0.2) is 4.79 Å². The van der Waals surface area contributed by atoms with Gasteiger partial charge in [0, 0.05) is 12.5 Å². The molecule has 0 bridgehead atoms. The first-order chi connectivity index (χ1) is 12.1. The molecular formula is C20H23NO4. The summed E-state index contributed by atoms with van der Waals surface area (Å²) >= 11 is 0. The zero-order valence-corrected chi connectivity index (χ0v) is 14.2. The zero-order chi connectivity index (χ0) is 18.1. The average molecular weight is 341 g/mol. The summed E-state index contributed by atoms with van der Waals surface area (Å²) in [5.74, 6) is -0.266. The van der Waals surface area contributed by atoms with Gasteiger partial charge >= 0.3 is 6.09 Å². The maximum absolute atomic E-state index is 12.1. The number of aliphatic hydroxyl groups is 1. The smallest absolute Gasteiger partial charge is 0.407 e. The first-order valence-corrected chi connectivity index (χ1v) is 8.29. The molecule has 25 heavy (non-hydrogen) atoms. The van der Waals surface area contributed by atoms with Crippen molar-refractivity contribution < 1.29 is 19.4 Å². The van der Waals surface area contributed by atoms with E-state index in [2.05, 4.69) is 5.32 Å². The molecule has 0 unspecified atom stereocenters. The summed E-state index contributed by atoms with van der Waals surface area (Å²) in [7, 11) is 0. The minimum Gasteiger partial charge on any atom is -0.445 e. The van der Waals surface area contributed by atoms with Crippen LogP contribution in [0.25, 0.3) is 0 Å². The maximum Gasteiger partial charge on any atom is 0.407 e. The summed E-state index contributed by atoms with van der Waals surface area (Å²) in [5, 5.41) is 12.7. The third-order valence-corrected chi connectivity index (χ3v) is 3.82. The highest BCUT2D eigenvalue weighted by Gasteiger charge is 2.18. The normalized spacial score (nSPS) is 12.9. The molecule has 2 aromatic rings. The van der Waals surface area contributed by atoms with Gasteiger partial charge in [0.05, 0.1) is 0 Å². The highest BCUT2D eigenvalue weighted by molar-refractivity contribution is 5.84. The number of amides is 1. The molecule has 5 heteroatoms. The van der Waals surface area contributed by atoms with Crippen molar-refractivity contribution in [2.45, 2.75) is 38.5 Å². The largest absolute Gasteiger partial charge is 0.445 e. The summed E-state index contributed by atoms with van der Waals surface area (Å²) in [4.78, 5) is 23.8. The van der Waals surface area contributed by atoms with Crippen molar-refractivity contribution in [1.82, 2.24) is 5.32 Å². The zero-order valence-electron chi connectivity index (χ0n) is 14.2. The molecule has 0 saturated carbocycles. The average Bonchev–Trinajstić information content (AvgIpc) is 2.65. The lowest BCUT2D eigenvalue weighted by Gasteiger charge is -2.15. The number of benzene rings is 2. The number of aliphatic hydroxyl groups excluding tert-OH is 1. The van der Waals surface area contributed by atoms with Gasteiger partial charge < -0.3 is 15.2 Å². The molecule has 0 saturated heterocycles. The fourth-order valence-corrected chi connectivity index (χ4v) is 2.35. The van der Waals surface area contributed by atoms with Gasteiger partial charge in [-0.2, -0.15) is 0 Å². The van der Waals surface area contributed by atoms with Crippen molar-refractivity contribution in [1.29, 1.82) is 0 Å². The molecule has 2 atom stereocenters. The summed E-state index contributed by atoms with van der Waals surface area (Å²) in [5.41, 5.74) is 1.49. The maximum atomic E-state index is 12.1. The van der Waals surface area contributed by atoms with E-state index in [0.29, 0.717) is 12.0 Å². The summed E-state index contributed by atoms with van der Waals surface area (Å²) in [6.45, 7) is 2.00. The van der Waals surface area contributed by atoms with Crippen LogP contribution in [0.3, 0.4) is 0 Å². The lowest BCUT2D eigenvalue weighted by molar-refractivity contribution is -0.127. The van der Waals surface area contributed by atoms with E-state index in [9.17, 15) is 14.7 Å². The molecule has 1 amide bonds. The predicted octanol–water partition coefficient (Wildman–Crippen LogP) is 3.38. The van der Waals surface area contributed by atoms with Crippen LogP contribution in [-0.4, -0.2) is 23.0 Å². The van der Waals surface area contributed by atoms with Crippen LogP contribution in [0, 0.1) is 0 Å². The number of ether oxygens (including phenoxy) is 1. The second kappa shape index (κ2) is 9.59. The molecule has 0 fully saturated rings. The highest BCUT2D eigenvalue weighted by atomic mass is 16.5. The first-order valence-electron chi connectivity index (χ1n) is 8.29. The Morgan fingerprint density at radius 2 is 1.64 bits per heavy atom. The number of rotatable bonds is 8. The summed E-state index contributed by atoms with van der Waals surface area (Å²) < 4.78 is 5.14. The Labute approximate surface area is 147 Å². The van der Waals surface area contributed by atoms with Crippen LogP contribution >= 0.6 is 0 Å². The monoisotopic (exact) mass is 341 g/mol. The van der Waals surface area contributed by atoms with Crippen LogP contribution in [0.1, 0.15) is 37.0 Å². The Balaban J connectivity index is 1.70. The molecule has 2 aromatic carbocycles. The Kier molecular flexibility index (Phi) is 7.16. The van der Waals surface area contributed by atoms with E-state index < -0.39 is 12.2 Å². The van der Waals surface area contributed by atoms with Gasteiger partial charge in [0.15, 0.2) is 5.78 Å². The van der Waals surface area contributed by atoms with E-state index in [4.69, 9.17) is 4.74 Å². The number of Topliss-reactive ketones (excluding diaryl/α,β-unsaturated/α-hetero) is 1. The number of hydrogen-bond acceptors (Lipinski definition) is 4. The fourth-order valence-electron chi connectivity index (χ4n) is 2.35. The molecule has 0 spiro atoms. The molecular weight excluding hydrogens is 318 g/mol. The quantitative estimate of drug-likeness (QED) is 0.772. The first kappa shape index (κ1) is 18.7. The fraction of sp³-hybridized carbons (Fsp3) is 0.300. The SMILES string of the molecule is C[C@H](CCC(=O)[C@@H](O)c1ccccc1)NC(=O)OCc1ccccc1. The van der Waals surface area contributed by atoms with E-state index >= 15 is 0 Å². The molecule has 0 aliphatic rings. The number of carbonyl (C=O) groups is 2. The molecule has 0 aliphatic carbocycles. The molecule has 5 nitrogen and oxygen atoms in total. The molecule has 132 valence electrons. The lowest BCUT2D eigenvalue weighted by Crippen LogP contribution is -2.33. The van der Waals surface area contributed by atoms with Crippen LogP contribution in [0.4, 0.5) is 4.79 Å². The number of carbonyl (C=O) groups excluding carboxylic acids is 2. The third-order valence-electron chi connectivity index (χ3n) is 3.82. The number of hydrogen-bond donors (Lipinski definition) is 2. The van der Waals surface area contributed by atoms with Gasteiger partial charge in [-0.05, 0) is 24.5 Å². The van der Waals surface area contributed by atoms with Gasteiger partial charge in [0.2, 0.25) is 0 Å². The Morgan fingerprint density at radius 3 is 2.28 bits per heavy atom. The van der Waals surface area contributed by atoms with E-state index in [0.717, 1.165) is 5.56 Å². The topological polar surface area (TPSA) is 75.6 Å². The molecule has 2 rings (SSSR count). The minimum atomic E-state index is -1.13. The Hall–Kier alpha value is -2.66. The van der Waals surface area contributed by atoms with Crippen LogP contribution in [0.15, 0.2) is 60.7 Å². The van der Waals surface area contributed by atoms with Crippen LogP contribution < -0.4 is 5.32 Å². The minimum absolute atomic E-state index is 0.177. The van der Waals surface area contributed by atoms with Crippen LogP contribution in [0.2, 0.25) is 0 Å². The lowest BCUT2D eigenvalue weighted by atomic mass is 10.0. The standard InChI is InChI=1S/C20H23NO4/c1-15(21-20(24)25-14-16-8-4-2-5-9-16)12-13-18(22)19(23)17-10-6-3-7-11-17/h2-11,15,19,23H,12-14H2,1H3,(H,21,24)/t15-,19+/m1/s1. The summed E-state index contributed by atoms with van der Waals surface area (Å²) in [6.07, 6.45) is -1.04. The van der Waals surface area contributed by atoms with Gasteiger partial charge in [0.25, 0.3) is 0 Å². The van der Waals surface area contributed by atoms with Crippen molar-refractivity contribution >= 4 is 11.9 Å². The summed E-state index contributed by atoms with van der Waals surface area (Å²) in [6, 6.07) is 18.0. The van der Waals surface area contributed by atoms with E-state index in [1.54, 1.807) is 31.2 Å². The van der Waals surface area contributed by atoms with Gasteiger partial charge in [0.1, 0.15) is 12.7 Å². The van der Waals surface area contributed by atoms with Crippen molar-refractivity contribution in [2.75, 3.05) is 0 Å². The molecule has 0 aromatic heterocycles. The van der Waals surface area contributed by atoms with Crippen molar-refractivity contribution in [3.05, 3.63) is 71.8 Å². The van der Waals surface area contributed by atoms with Gasteiger partial charge in [-0.3, -0.25) is 4.79 Å². The van der Waals surface area contributed by atoms with Crippen molar-refractivity contribution in [3.8, 4) is 0 Å². The van der Waals surface area contributed by atoms with Crippen molar-refractivity contribution in [2.24, 2.45) is 0 Å². The third kappa shape index (κ3) is 6.39. The highest BCUT2D eigenvalue weighted by Crippen LogP contribution is 2.16. The Bertz CT molecular complexity index is 673. The van der Waals surface area contributed by atoms with Crippen LogP contribution in [0.5, 0.6) is 0 Å². The molecule has 0 radical (unpaired) electrons. The van der Waals surface area contributed by atoms with E-state index in [-0.39, 0.29) is 24.9 Å². The van der Waals surface area contributed by atoms with E-state index in [1.165, 1.54) is 0 Å². The van der Waals surface area contributed by atoms with Crippen LogP contribution in [-0.2, 0) is 16.1 Å². The Morgan fingerprint density at radius 1 is 1.04 bits per heavy atom. The number of nitrogens with one attached hydrogen (secondary N) is 1. The predicted molar refractivity (Wildman–Crippen MR) is 94.9 cm³/mol. The van der Waals surface area contributed by atoms with Gasteiger partial charge in [-0.1, -0.05) is 60.7 Å². The molecule has 0 aliphatic heterocycles. The molecule has 2 N–H and O–H groups in total. The van der Waals surface area contributed by atoms with Gasteiger partial charge in [-0.15, -0.1) is 0 Å². The number of ketones is 1. The second-order valence-electron chi connectivity index (χ2n) is 5.93. The van der Waals surface area contributed by atoms with E-state index in [1.807, 2.05) is 36.4 Å². The number of alkyl carbamates (subject to hydrolysis) is 1.